The molecule has 2 atom stereocenters. The number of aromatic nitrogens is 3. The number of aromatic amines is 1. The highest BCUT2D eigenvalue weighted by Crippen LogP contribution is 2.30. The van der Waals surface area contributed by atoms with Gasteiger partial charge in [-0.3, -0.25) is 14.4 Å². The molecule has 312 valence electrons. The molecule has 6 rings (SSSR count). The number of halogens is 1. The van der Waals surface area contributed by atoms with E-state index < -0.39 is 23.8 Å². The molecule has 59 heavy (non-hydrogen) atoms. The number of carbonyl (C=O) groups is 5. The minimum Gasteiger partial charge on any atom is -0.465 e. The SMILES string of the molecule is Cc1cc(C(=O)N[C@@H]2CCN(C(=O)O)C2)ccc1-c1ccc(C[C@H](NC(=O)C2CCC(CNC(=O)OC(C)(C)C)CC2)C(=O)Nc2ccc(-c3n[nH]c(Cl)n3)cc2)cc1. The van der Waals surface area contributed by atoms with Crippen LogP contribution >= 0.6 is 11.6 Å². The third kappa shape index (κ3) is 11.8. The van der Waals surface area contributed by atoms with Gasteiger partial charge in [0.15, 0.2) is 5.82 Å². The monoisotopic (exact) mass is 826 g/mol. The predicted molar refractivity (Wildman–Crippen MR) is 223 cm³/mol. The number of nitrogens with zero attached hydrogens (tertiary/aromatic N) is 3. The molecule has 1 saturated heterocycles. The fourth-order valence-electron chi connectivity index (χ4n) is 7.48. The van der Waals surface area contributed by atoms with Crippen molar-refractivity contribution < 1.29 is 33.8 Å². The van der Waals surface area contributed by atoms with Gasteiger partial charge in [-0.2, -0.15) is 10.1 Å². The highest BCUT2D eigenvalue weighted by molar-refractivity contribution is 6.28. The Morgan fingerprint density at radius 3 is 2.25 bits per heavy atom. The Hall–Kier alpha value is -5.96. The molecule has 0 bridgehead atoms. The summed E-state index contributed by atoms with van der Waals surface area (Å²) in [6.45, 7) is 8.50. The number of likely N-dealkylation sites (tertiary alicyclic amines) is 1. The average molecular weight is 827 g/mol. The largest absolute Gasteiger partial charge is 0.465 e. The first-order chi connectivity index (χ1) is 28.1. The Morgan fingerprint density at radius 1 is 0.949 bits per heavy atom. The molecule has 0 unspecified atom stereocenters. The fraction of sp³-hybridized carbons (Fsp3) is 0.419. The summed E-state index contributed by atoms with van der Waals surface area (Å²) in [6.07, 6.45) is 2.13. The quantitative estimate of drug-likeness (QED) is 0.0911. The molecule has 15 nitrogen and oxygen atoms in total. The predicted octanol–water partition coefficient (Wildman–Crippen LogP) is 6.58. The third-order valence-electron chi connectivity index (χ3n) is 10.6. The molecule has 2 fully saturated rings. The molecule has 1 saturated carbocycles. The van der Waals surface area contributed by atoms with Gasteiger partial charge in [0.25, 0.3) is 5.91 Å². The normalized spacial score (nSPS) is 18.4. The minimum atomic E-state index is -0.990. The number of amides is 5. The summed E-state index contributed by atoms with van der Waals surface area (Å²) in [7, 11) is 0. The highest BCUT2D eigenvalue weighted by atomic mass is 35.5. The summed E-state index contributed by atoms with van der Waals surface area (Å²) >= 11 is 5.89. The second kappa shape index (κ2) is 18.7. The number of hydrogen-bond donors (Lipinski definition) is 6. The maximum absolute atomic E-state index is 13.9. The van der Waals surface area contributed by atoms with Gasteiger partial charge in [-0.25, -0.2) is 14.7 Å². The van der Waals surface area contributed by atoms with E-state index in [-0.39, 0.29) is 53.8 Å². The van der Waals surface area contributed by atoms with Crippen LogP contribution in [0.15, 0.2) is 66.7 Å². The van der Waals surface area contributed by atoms with Crippen LogP contribution in [0.2, 0.25) is 5.28 Å². The number of benzene rings is 3. The van der Waals surface area contributed by atoms with E-state index in [4.69, 9.17) is 16.3 Å². The van der Waals surface area contributed by atoms with Crippen molar-refractivity contribution in [3.8, 4) is 22.5 Å². The number of aryl methyl sites for hydroxylation is 1. The van der Waals surface area contributed by atoms with E-state index in [2.05, 4.69) is 36.4 Å². The molecule has 3 aromatic carbocycles. The van der Waals surface area contributed by atoms with Crippen LogP contribution in [0, 0.1) is 18.8 Å². The fourth-order valence-corrected chi connectivity index (χ4v) is 7.60. The van der Waals surface area contributed by atoms with Crippen LogP contribution in [-0.2, 0) is 20.7 Å². The van der Waals surface area contributed by atoms with Gasteiger partial charge in [0.05, 0.1) is 0 Å². The molecule has 1 aromatic heterocycles. The number of carbonyl (C=O) groups excluding carboxylic acids is 4. The van der Waals surface area contributed by atoms with Gasteiger partial charge < -0.3 is 36.0 Å². The first kappa shape index (κ1) is 42.6. The standard InChI is InChI=1S/C43H51ClN8O7/c1-25-21-31(38(54)47-33-19-20-52(24-33)42(57)58)15-18-34(25)28-9-5-26(6-10-28)22-35(39(55)46-32-16-13-29(14-17-32)36-49-40(44)51-50-36)48-37(53)30-11-7-27(8-12-30)23-45-41(56)59-43(2,3)4/h5-6,9-10,13-18,21,27,30,33,35H,7-8,11-12,19-20,22-24H2,1-4H3,(H,45,56)(H,46,55)(H,47,54)(H,48,53)(H,57,58)(H,49,50,51)/t27?,30?,33-,35+/m1/s1. The van der Waals surface area contributed by atoms with Gasteiger partial charge in [0, 0.05) is 54.8 Å². The van der Waals surface area contributed by atoms with E-state index in [1.54, 1.807) is 30.3 Å². The highest BCUT2D eigenvalue weighted by Gasteiger charge is 2.31. The summed E-state index contributed by atoms with van der Waals surface area (Å²) in [4.78, 5) is 69.4. The second-order valence-corrected chi connectivity index (χ2v) is 16.7. The van der Waals surface area contributed by atoms with Crippen LogP contribution in [0.3, 0.4) is 0 Å². The van der Waals surface area contributed by atoms with Crippen molar-refractivity contribution in [1.29, 1.82) is 0 Å². The Morgan fingerprint density at radius 2 is 1.64 bits per heavy atom. The van der Waals surface area contributed by atoms with Crippen LogP contribution < -0.4 is 21.3 Å². The van der Waals surface area contributed by atoms with Gasteiger partial charge in [0.2, 0.25) is 17.1 Å². The third-order valence-corrected chi connectivity index (χ3v) is 10.8. The molecular formula is C43H51ClN8O7. The zero-order chi connectivity index (χ0) is 42.3. The molecule has 6 N–H and O–H groups in total. The molecule has 4 aromatic rings. The first-order valence-corrected chi connectivity index (χ1v) is 20.2. The Bertz CT molecular complexity index is 2140. The van der Waals surface area contributed by atoms with Gasteiger partial charge in [-0.1, -0.05) is 30.3 Å². The molecule has 1 aliphatic carbocycles. The maximum atomic E-state index is 13.9. The second-order valence-electron chi connectivity index (χ2n) is 16.3. The number of ether oxygens (including phenoxy) is 1. The lowest BCUT2D eigenvalue weighted by Crippen LogP contribution is -2.48. The first-order valence-electron chi connectivity index (χ1n) is 19.9. The number of alkyl carbamates (subject to hydrolysis) is 1. The lowest BCUT2D eigenvalue weighted by atomic mass is 9.81. The van der Waals surface area contributed by atoms with E-state index in [1.807, 2.05) is 64.1 Å². The number of H-pyrrole nitrogens is 1. The number of hydrogen-bond acceptors (Lipinski definition) is 8. The molecule has 2 aliphatic rings. The average Bonchev–Trinajstić information content (AvgIpc) is 3.86. The van der Waals surface area contributed by atoms with Crippen molar-refractivity contribution in [2.45, 2.75) is 83.9 Å². The van der Waals surface area contributed by atoms with Crippen molar-refractivity contribution in [2.24, 2.45) is 11.8 Å². The number of rotatable bonds is 12. The molecule has 16 heteroatoms. The van der Waals surface area contributed by atoms with E-state index in [0.717, 1.165) is 35.1 Å². The Labute approximate surface area is 348 Å². The van der Waals surface area contributed by atoms with Gasteiger partial charge >= 0.3 is 12.2 Å². The zero-order valence-electron chi connectivity index (χ0n) is 33.6. The number of carboxylic acid groups (broad SMARTS) is 1. The van der Waals surface area contributed by atoms with Gasteiger partial charge in [-0.15, -0.1) is 0 Å². The summed E-state index contributed by atoms with van der Waals surface area (Å²) in [5.74, 6) is -0.446. The zero-order valence-corrected chi connectivity index (χ0v) is 34.4. The van der Waals surface area contributed by atoms with Crippen LogP contribution in [0.1, 0.15) is 74.4 Å². The van der Waals surface area contributed by atoms with Gasteiger partial charge in [-0.05, 0) is 136 Å². The molecule has 0 spiro atoms. The van der Waals surface area contributed by atoms with E-state index in [1.165, 1.54) is 4.90 Å². The lowest BCUT2D eigenvalue weighted by molar-refractivity contribution is -0.130. The molecular weight excluding hydrogens is 776 g/mol. The smallest absolute Gasteiger partial charge is 0.407 e. The van der Waals surface area contributed by atoms with Crippen LogP contribution in [0.25, 0.3) is 22.5 Å². The Balaban J connectivity index is 1.10. The topological polar surface area (TPSA) is 208 Å². The van der Waals surface area contributed by atoms with E-state index in [0.29, 0.717) is 55.0 Å². The summed E-state index contributed by atoms with van der Waals surface area (Å²) < 4.78 is 5.35. The van der Waals surface area contributed by atoms with Crippen molar-refractivity contribution in [3.05, 3.63) is 88.7 Å². The van der Waals surface area contributed by atoms with Crippen LogP contribution in [0.4, 0.5) is 15.3 Å². The van der Waals surface area contributed by atoms with E-state index >= 15 is 0 Å². The number of nitrogens with one attached hydrogen (secondary N) is 5. The van der Waals surface area contributed by atoms with E-state index in [9.17, 15) is 29.1 Å². The van der Waals surface area contributed by atoms with Gasteiger partial charge in [0.1, 0.15) is 11.6 Å². The maximum Gasteiger partial charge on any atom is 0.407 e. The summed E-state index contributed by atoms with van der Waals surface area (Å²) in [5.41, 5.74) is 4.72. The van der Waals surface area contributed by atoms with Crippen LogP contribution in [-0.4, -0.2) is 92.4 Å². The van der Waals surface area contributed by atoms with Crippen molar-refractivity contribution in [1.82, 2.24) is 36.0 Å². The molecule has 1 aliphatic heterocycles. The van der Waals surface area contributed by atoms with Crippen LogP contribution in [0.5, 0.6) is 0 Å². The molecule has 5 amide bonds. The molecule has 0 radical (unpaired) electrons. The lowest BCUT2D eigenvalue weighted by Gasteiger charge is -2.29. The molecule has 2 heterocycles. The minimum absolute atomic E-state index is 0.167. The Kier molecular flexibility index (Phi) is 13.5. The number of anilines is 1. The van der Waals surface area contributed by atoms with Crippen molar-refractivity contribution >= 4 is 47.2 Å². The van der Waals surface area contributed by atoms with Crippen molar-refractivity contribution in [3.63, 3.8) is 0 Å². The van der Waals surface area contributed by atoms with Crippen molar-refractivity contribution in [2.75, 3.05) is 25.0 Å². The summed E-state index contributed by atoms with van der Waals surface area (Å²) in [5, 5.41) is 27.8. The summed E-state index contributed by atoms with van der Waals surface area (Å²) in [6, 6.07) is 19.1.